The highest BCUT2D eigenvalue weighted by atomic mass is 127. The van der Waals surface area contributed by atoms with Gasteiger partial charge in [-0.2, -0.15) is 0 Å². The van der Waals surface area contributed by atoms with Crippen molar-refractivity contribution in [1.29, 1.82) is 0 Å². The summed E-state index contributed by atoms with van der Waals surface area (Å²) >= 11 is 2.54. The molecule has 1 N–H and O–H groups in total. The smallest absolute Gasteiger partial charge is 0.220 e. The number of nitrogens with zero attached hydrogens (tertiary/aromatic N) is 3. The molecule has 0 aliphatic carbocycles. The number of carbonyl (C=O) groups is 1. The fourth-order valence-corrected chi connectivity index (χ4v) is 5.96. The first-order chi connectivity index (χ1) is 20.0. The second-order valence-electron chi connectivity index (χ2n) is 11.0. The maximum atomic E-state index is 12.2. The number of carbonyl (C=O) groups excluding carboxylic acids is 1. The molecule has 1 amide bonds. The summed E-state index contributed by atoms with van der Waals surface area (Å²) in [5, 5.41) is 3.03. The molecule has 1 aromatic heterocycles. The van der Waals surface area contributed by atoms with E-state index >= 15 is 0 Å². The molecule has 1 atom stereocenters. The van der Waals surface area contributed by atoms with Gasteiger partial charge in [0.2, 0.25) is 5.91 Å². The number of aromatic nitrogens is 2. The van der Waals surface area contributed by atoms with Crippen molar-refractivity contribution in [3.8, 4) is 22.5 Å². The number of hydrogen-bond donors (Lipinski definition) is 1. The number of amides is 1. The second kappa shape index (κ2) is 14.1. The summed E-state index contributed by atoms with van der Waals surface area (Å²) in [6.07, 6.45) is 5.82. The molecule has 0 saturated carbocycles. The van der Waals surface area contributed by atoms with Gasteiger partial charge in [-0.05, 0) is 38.7 Å². The Morgan fingerprint density at radius 2 is 1.44 bits per heavy atom. The lowest BCUT2D eigenvalue weighted by Gasteiger charge is -2.33. The third kappa shape index (κ3) is 7.73. The summed E-state index contributed by atoms with van der Waals surface area (Å²) in [4.78, 5) is 25.3. The van der Waals surface area contributed by atoms with Gasteiger partial charge in [0, 0.05) is 37.2 Å². The summed E-state index contributed by atoms with van der Waals surface area (Å²) in [6.45, 7) is 6.78. The number of nitrogens with one attached hydrogen (secondary N) is 1. The van der Waals surface area contributed by atoms with E-state index in [1.54, 1.807) is 0 Å². The lowest BCUT2D eigenvalue weighted by molar-refractivity contribution is -0.121. The molecule has 6 heteroatoms. The number of unbranched alkanes of at least 4 members (excludes halogenated alkanes) is 3. The summed E-state index contributed by atoms with van der Waals surface area (Å²) in [6, 6.07) is 27.3. The Balaban J connectivity index is 1.23. The minimum atomic E-state index is 0.134. The molecule has 0 saturated heterocycles. The molecular formula is C35H39IN4O. The van der Waals surface area contributed by atoms with Crippen LogP contribution in [0.25, 0.3) is 22.5 Å². The van der Waals surface area contributed by atoms with Crippen molar-refractivity contribution < 1.29 is 4.79 Å². The predicted molar refractivity (Wildman–Crippen MR) is 177 cm³/mol. The number of aryl methyl sites for hydroxylation is 2. The topological polar surface area (TPSA) is 58.1 Å². The van der Waals surface area contributed by atoms with Crippen LogP contribution in [-0.4, -0.2) is 29.0 Å². The number of fused-ring (bicyclic) bond motifs is 1. The maximum absolute atomic E-state index is 12.2. The van der Waals surface area contributed by atoms with E-state index in [1.807, 2.05) is 30.3 Å². The molecule has 41 heavy (non-hydrogen) atoms. The van der Waals surface area contributed by atoms with Gasteiger partial charge in [0.15, 0.2) is 5.82 Å². The summed E-state index contributed by atoms with van der Waals surface area (Å²) in [5.74, 6) is 1.16. The number of benzene rings is 3. The molecule has 3 aromatic carbocycles. The molecule has 1 aliphatic heterocycles. The molecule has 4 aromatic rings. The highest BCUT2D eigenvalue weighted by Gasteiger charge is 2.28. The first kappa shape index (κ1) is 29.2. The average molecular weight is 659 g/mol. The minimum Gasteiger partial charge on any atom is -0.355 e. The lowest BCUT2D eigenvalue weighted by atomic mass is 10.0. The standard InChI is InChI=1S/C35H39IN4O/c1-25-13-17-28(18-14-25)32-33(29-19-15-26(2)16-20-29)39-35-34(38-32)30(36)21-23-40(35)22-9-4-3-8-12-31(41)37-24-27-10-6-5-7-11-27/h5-7,10-11,13-20,30H,3-4,8-9,12,21-24H2,1-2H3,(H,37,41). The Morgan fingerprint density at radius 1 is 0.829 bits per heavy atom. The fourth-order valence-electron chi connectivity index (χ4n) is 5.26. The largest absolute Gasteiger partial charge is 0.355 e. The van der Waals surface area contributed by atoms with Crippen LogP contribution in [-0.2, 0) is 11.3 Å². The first-order valence-corrected chi connectivity index (χ1v) is 16.0. The van der Waals surface area contributed by atoms with Crippen LogP contribution < -0.4 is 10.2 Å². The highest BCUT2D eigenvalue weighted by Crippen LogP contribution is 2.41. The van der Waals surface area contributed by atoms with E-state index in [0.717, 1.165) is 84.8 Å². The van der Waals surface area contributed by atoms with Gasteiger partial charge < -0.3 is 10.2 Å². The summed E-state index contributed by atoms with van der Waals surface area (Å²) in [5.41, 5.74) is 8.82. The van der Waals surface area contributed by atoms with Crippen molar-refractivity contribution in [2.24, 2.45) is 0 Å². The van der Waals surface area contributed by atoms with Gasteiger partial charge in [0.05, 0.1) is 21.0 Å². The van der Waals surface area contributed by atoms with Crippen LogP contribution in [0.15, 0.2) is 78.9 Å². The molecule has 0 fully saturated rings. The van der Waals surface area contributed by atoms with E-state index < -0.39 is 0 Å². The summed E-state index contributed by atoms with van der Waals surface area (Å²) < 4.78 is 0.344. The Kier molecular flexibility index (Phi) is 10.0. The highest BCUT2D eigenvalue weighted by molar-refractivity contribution is 14.1. The summed E-state index contributed by atoms with van der Waals surface area (Å²) in [7, 11) is 0. The van der Waals surface area contributed by atoms with Gasteiger partial charge in [-0.1, -0.05) is 125 Å². The van der Waals surface area contributed by atoms with Crippen molar-refractivity contribution >= 4 is 34.3 Å². The average Bonchev–Trinajstić information content (AvgIpc) is 3.00. The van der Waals surface area contributed by atoms with Gasteiger partial charge >= 0.3 is 0 Å². The molecule has 2 heterocycles. The molecular weight excluding hydrogens is 619 g/mol. The van der Waals surface area contributed by atoms with Crippen LogP contribution in [0, 0.1) is 13.8 Å². The van der Waals surface area contributed by atoms with Crippen LogP contribution >= 0.6 is 22.6 Å². The van der Waals surface area contributed by atoms with Gasteiger partial charge in [-0.15, -0.1) is 0 Å². The van der Waals surface area contributed by atoms with E-state index in [0.29, 0.717) is 16.9 Å². The van der Waals surface area contributed by atoms with Crippen LogP contribution in [0.2, 0.25) is 0 Å². The number of halogens is 1. The molecule has 212 valence electrons. The van der Waals surface area contributed by atoms with E-state index in [4.69, 9.17) is 9.97 Å². The van der Waals surface area contributed by atoms with Crippen molar-refractivity contribution in [2.45, 2.75) is 62.8 Å². The third-order valence-electron chi connectivity index (χ3n) is 7.72. The Hall–Kier alpha value is -3.26. The van der Waals surface area contributed by atoms with Gasteiger partial charge in [0.25, 0.3) is 0 Å². The zero-order valence-electron chi connectivity index (χ0n) is 24.1. The van der Waals surface area contributed by atoms with E-state index in [1.165, 1.54) is 11.1 Å². The number of alkyl halides is 1. The molecule has 0 radical (unpaired) electrons. The van der Waals surface area contributed by atoms with Crippen molar-refractivity contribution in [3.63, 3.8) is 0 Å². The van der Waals surface area contributed by atoms with E-state index in [-0.39, 0.29) is 5.91 Å². The van der Waals surface area contributed by atoms with Crippen molar-refractivity contribution in [3.05, 3.63) is 101 Å². The quantitative estimate of drug-likeness (QED) is 0.1000. The number of anilines is 1. The molecule has 1 aliphatic rings. The van der Waals surface area contributed by atoms with E-state index in [9.17, 15) is 4.79 Å². The van der Waals surface area contributed by atoms with Crippen molar-refractivity contribution in [1.82, 2.24) is 15.3 Å². The monoisotopic (exact) mass is 658 g/mol. The molecule has 1 unspecified atom stereocenters. The zero-order valence-corrected chi connectivity index (χ0v) is 26.2. The Labute approximate surface area is 258 Å². The normalized spacial score (nSPS) is 14.5. The van der Waals surface area contributed by atoms with E-state index in [2.05, 4.69) is 95.2 Å². The van der Waals surface area contributed by atoms with Crippen LogP contribution in [0.4, 0.5) is 5.82 Å². The lowest BCUT2D eigenvalue weighted by Crippen LogP contribution is -2.33. The van der Waals surface area contributed by atoms with Crippen molar-refractivity contribution in [2.75, 3.05) is 18.0 Å². The van der Waals surface area contributed by atoms with Gasteiger partial charge in [-0.3, -0.25) is 4.79 Å². The molecule has 0 spiro atoms. The Bertz CT molecular complexity index is 1440. The zero-order chi connectivity index (χ0) is 28.6. The molecule has 5 rings (SSSR count). The minimum absolute atomic E-state index is 0.134. The van der Waals surface area contributed by atoms with Crippen LogP contribution in [0.1, 0.15) is 64.8 Å². The second-order valence-corrected chi connectivity index (χ2v) is 12.5. The fraction of sp³-hybridized carbons (Fsp3) is 0.343. The predicted octanol–water partition coefficient (Wildman–Crippen LogP) is 8.38. The Morgan fingerprint density at radius 3 is 2.10 bits per heavy atom. The number of rotatable bonds is 11. The van der Waals surface area contributed by atoms with Crippen LogP contribution in [0.3, 0.4) is 0 Å². The first-order valence-electron chi connectivity index (χ1n) is 14.7. The third-order valence-corrected chi connectivity index (χ3v) is 8.93. The van der Waals surface area contributed by atoms with Gasteiger partial charge in [0.1, 0.15) is 0 Å². The SMILES string of the molecule is Cc1ccc(-c2nc3c(nc2-c2ccc(C)cc2)N(CCCCCCC(=O)NCc2ccccc2)CCC3I)cc1. The molecule has 5 nitrogen and oxygen atoms in total. The number of hydrogen-bond acceptors (Lipinski definition) is 4. The molecule has 0 bridgehead atoms. The maximum Gasteiger partial charge on any atom is 0.220 e. The van der Waals surface area contributed by atoms with Gasteiger partial charge in [-0.25, -0.2) is 9.97 Å². The van der Waals surface area contributed by atoms with Crippen LogP contribution in [0.5, 0.6) is 0 Å².